The Kier molecular flexibility index (Phi) is 5.48. The van der Waals surface area contributed by atoms with Gasteiger partial charge in [0.25, 0.3) is 0 Å². The highest BCUT2D eigenvalue weighted by molar-refractivity contribution is 6.12. The van der Waals surface area contributed by atoms with E-state index in [0.717, 1.165) is 41.8 Å². The first-order valence-corrected chi connectivity index (χ1v) is 10.5. The fourth-order valence-corrected chi connectivity index (χ4v) is 4.41. The third-order valence-electron chi connectivity index (χ3n) is 6.25. The quantitative estimate of drug-likeness (QED) is 0.502. The summed E-state index contributed by atoms with van der Waals surface area (Å²) in [6.07, 6.45) is 5.87. The van der Waals surface area contributed by atoms with Crippen LogP contribution in [0.5, 0.6) is 11.5 Å². The number of carbonyl (C=O) groups is 2. The minimum absolute atomic E-state index is 0.0938. The van der Waals surface area contributed by atoms with E-state index in [0.29, 0.717) is 17.9 Å². The molecule has 2 aromatic carbocycles. The van der Waals surface area contributed by atoms with Gasteiger partial charge in [0.1, 0.15) is 11.5 Å². The molecule has 0 saturated heterocycles. The van der Waals surface area contributed by atoms with E-state index in [1.807, 2.05) is 54.2 Å². The number of benzene rings is 2. The maximum absolute atomic E-state index is 13.6. The fraction of sp³-hybridized carbons (Fsp3) is 0.360. The number of ketones is 1. The van der Waals surface area contributed by atoms with Gasteiger partial charge in [-0.1, -0.05) is 18.6 Å². The van der Waals surface area contributed by atoms with Crippen LogP contribution in [0.15, 0.2) is 48.7 Å². The maximum Gasteiger partial charge on any atom is 0.238 e. The Morgan fingerprint density at radius 3 is 2.39 bits per heavy atom. The van der Waals surface area contributed by atoms with Crippen molar-refractivity contribution >= 4 is 17.4 Å². The molecular weight excluding hydrogens is 392 g/mol. The lowest BCUT2D eigenvalue weighted by molar-refractivity contribution is -0.126. The Balaban J connectivity index is 1.76. The first-order chi connectivity index (χ1) is 14.9. The molecule has 6 nitrogen and oxygen atoms in total. The first kappa shape index (κ1) is 21.0. The molecule has 2 aliphatic rings. The monoisotopic (exact) mass is 420 g/mol. The average Bonchev–Trinajstić information content (AvgIpc) is 2.99. The molecule has 0 radical (unpaired) electrons. The molecule has 162 valence electrons. The molecule has 1 aliphatic carbocycles. The van der Waals surface area contributed by atoms with Crippen LogP contribution in [0.2, 0.25) is 0 Å². The molecule has 0 atom stereocenters. The number of hydrogen-bond acceptors (Lipinski definition) is 5. The predicted molar refractivity (Wildman–Crippen MR) is 120 cm³/mol. The summed E-state index contributed by atoms with van der Waals surface area (Å²) in [5.74, 6) is 1.32. The highest BCUT2D eigenvalue weighted by atomic mass is 16.5. The fourth-order valence-electron chi connectivity index (χ4n) is 4.41. The third-order valence-corrected chi connectivity index (χ3v) is 6.25. The summed E-state index contributed by atoms with van der Waals surface area (Å²) in [7, 11) is 6.95. The number of anilines is 1. The highest BCUT2D eigenvalue weighted by Gasteiger charge is 2.55. The molecule has 0 N–H and O–H groups in total. The molecule has 1 heterocycles. The molecule has 6 heteroatoms. The van der Waals surface area contributed by atoms with Crippen molar-refractivity contribution < 1.29 is 19.1 Å². The van der Waals surface area contributed by atoms with Crippen molar-refractivity contribution in [1.82, 2.24) is 4.90 Å². The molecule has 1 fully saturated rings. The number of amides is 1. The molecule has 1 saturated carbocycles. The van der Waals surface area contributed by atoms with E-state index >= 15 is 0 Å². The Morgan fingerprint density at radius 1 is 1.13 bits per heavy atom. The third kappa shape index (κ3) is 3.56. The van der Waals surface area contributed by atoms with Crippen LogP contribution < -0.4 is 14.4 Å². The van der Waals surface area contributed by atoms with E-state index < -0.39 is 5.41 Å². The first-order valence-electron chi connectivity index (χ1n) is 10.5. The summed E-state index contributed by atoms with van der Waals surface area (Å²) >= 11 is 0. The molecule has 0 bridgehead atoms. The van der Waals surface area contributed by atoms with E-state index in [1.54, 1.807) is 32.6 Å². The zero-order valence-corrected chi connectivity index (χ0v) is 18.5. The van der Waals surface area contributed by atoms with Gasteiger partial charge in [-0.05, 0) is 48.2 Å². The maximum atomic E-state index is 13.6. The van der Waals surface area contributed by atoms with Gasteiger partial charge >= 0.3 is 0 Å². The predicted octanol–water partition coefficient (Wildman–Crippen LogP) is 3.93. The summed E-state index contributed by atoms with van der Waals surface area (Å²) in [5.41, 5.74) is 2.71. The van der Waals surface area contributed by atoms with Crippen molar-refractivity contribution in [2.24, 2.45) is 0 Å². The van der Waals surface area contributed by atoms with Crippen LogP contribution in [0.1, 0.15) is 40.7 Å². The van der Waals surface area contributed by atoms with Gasteiger partial charge in [0.05, 0.1) is 31.9 Å². The minimum atomic E-state index is -0.545. The second-order valence-electron chi connectivity index (χ2n) is 8.39. The van der Waals surface area contributed by atoms with Gasteiger partial charge in [-0.15, -0.1) is 0 Å². The highest BCUT2D eigenvalue weighted by Crippen LogP contribution is 2.56. The Morgan fingerprint density at radius 2 is 1.84 bits per heavy atom. The Hall–Kier alpha value is -3.28. The van der Waals surface area contributed by atoms with Crippen LogP contribution in [0.3, 0.4) is 0 Å². The van der Waals surface area contributed by atoms with Crippen LogP contribution in [0, 0.1) is 0 Å². The molecule has 1 amide bonds. The van der Waals surface area contributed by atoms with Crippen LogP contribution in [0.25, 0.3) is 0 Å². The topological polar surface area (TPSA) is 59.1 Å². The van der Waals surface area contributed by atoms with E-state index in [4.69, 9.17) is 9.47 Å². The van der Waals surface area contributed by atoms with E-state index in [9.17, 15) is 9.59 Å². The largest absolute Gasteiger partial charge is 0.497 e. The molecular formula is C25H28N2O4. The smallest absolute Gasteiger partial charge is 0.238 e. The van der Waals surface area contributed by atoms with Gasteiger partial charge in [-0.3, -0.25) is 9.59 Å². The standard InChI is InChI=1S/C25H28N2O4/c1-26(2)13-10-21(28)18-14-20-23(22(15-18)31-4)27(24(29)25(20)11-5-12-25)16-17-6-8-19(30-3)9-7-17/h6-10,13-15H,5,11-12,16H2,1-4H3. The van der Waals surface area contributed by atoms with Gasteiger partial charge < -0.3 is 19.3 Å². The summed E-state index contributed by atoms with van der Waals surface area (Å²) < 4.78 is 10.9. The molecule has 1 spiro atoms. The second-order valence-corrected chi connectivity index (χ2v) is 8.39. The Bertz CT molecular complexity index is 1040. The lowest BCUT2D eigenvalue weighted by Crippen LogP contribution is -2.44. The van der Waals surface area contributed by atoms with Gasteiger partial charge in [-0.25, -0.2) is 0 Å². The van der Waals surface area contributed by atoms with Gasteiger partial charge in [0.15, 0.2) is 5.78 Å². The van der Waals surface area contributed by atoms with E-state index in [1.165, 1.54) is 0 Å². The van der Waals surface area contributed by atoms with Crippen molar-refractivity contribution in [1.29, 1.82) is 0 Å². The van der Waals surface area contributed by atoms with Gasteiger partial charge in [-0.2, -0.15) is 0 Å². The number of ether oxygens (including phenoxy) is 2. The molecule has 4 rings (SSSR count). The van der Waals surface area contributed by atoms with Crippen LogP contribution >= 0.6 is 0 Å². The average molecular weight is 421 g/mol. The van der Waals surface area contributed by atoms with Crippen molar-refractivity contribution in [2.75, 3.05) is 33.2 Å². The number of hydrogen-bond donors (Lipinski definition) is 0. The van der Waals surface area contributed by atoms with Crippen molar-refractivity contribution in [3.63, 3.8) is 0 Å². The molecule has 2 aromatic rings. The zero-order valence-electron chi connectivity index (χ0n) is 18.5. The van der Waals surface area contributed by atoms with Crippen LogP contribution in [-0.4, -0.2) is 44.9 Å². The van der Waals surface area contributed by atoms with Crippen molar-refractivity contribution in [2.45, 2.75) is 31.2 Å². The number of fused-ring (bicyclic) bond motifs is 2. The summed E-state index contributed by atoms with van der Waals surface area (Å²) in [5, 5.41) is 0. The van der Waals surface area contributed by atoms with Gasteiger partial charge in [0, 0.05) is 31.9 Å². The van der Waals surface area contributed by atoms with Crippen molar-refractivity contribution in [3.8, 4) is 11.5 Å². The number of nitrogens with zero attached hydrogens (tertiary/aromatic N) is 2. The second kappa shape index (κ2) is 8.10. The van der Waals surface area contributed by atoms with Crippen molar-refractivity contribution in [3.05, 3.63) is 65.4 Å². The van der Waals surface area contributed by atoms with Crippen LogP contribution in [-0.2, 0) is 16.8 Å². The van der Waals surface area contributed by atoms with E-state index in [2.05, 4.69) is 0 Å². The summed E-state index contributed by atoms with van der Waals surface area (Å²) in [4.78, 5) is 30.0. The molecule has 1 aliphatic heterocycles. The number of methoxy groups -OCH3 is 2. The lowest BCUT2D eigenvalue weighted by atomic mass is 9.65. The lowest BCUT2D eigenvalue weighted by Gasteiger charge is -2.37. The molecule has 31 heavy (non-hydrogen) atoms. The summed E-state index contributed by atoms with van der Waals surface area (Å²) in [6.45, 7) is 0.446. The Labute approximate surface area is 183 Å². The molecule has 0 unspecified atom stereocenters. The number of carbonyl (C=O) groups excluding carboxylic acids is 2. The normalized spacial score (nSPS) is 16.4. The van der Waals surface area contributed by atoms with Gasteiger partial charge in [0.2, 0.25) is 5.91 Å². The number of rotatable bonds is 7. The molecule has 0 aromatic heterocycles. The zero-order chi connectivity index (χ0) is 22.2. The summed E-state index contributed by atoms with van der Waals surface area (Å²) in [6, 6.07) is 11.4. The number of allylic oxidation sites excluding steroid dienone is 1. The van der Waals surface area contributed by atoms with Crippen LogP contribution in [0.4, 0.5) is 5.69 Å². The SMILES string of the molecule is COc1ccc(CN2C(=O)C3(CCC3)c3cc(C(=O)C=CN(C)C)cc(OC)c32)cc1. The minimum Gasteiger partial charge on any atom is -0.497 e. The van der Waals surface area contributed by atoms with E-state index in [-0.39, 0.29) is 11.7 Å².